The van der Waals surface area contributed by atoms with E-state index in [4.69, 9.17) is 4.74 Å². The molecular formula is C26H26N2O5S. The van der Waals surface area contributed by atoms with Gasteiger partial charge in [-0.05, 0) is 55.3 Å². The molecule has 0 radical (unpaired) electrons. The van der Waals surface area contributed by atoms with Gasteiger partial charge in [0.1, 0.15) is 11.8 Å². The zero-order chi connectivity index (χ0) is 24.1. The minimum atomic E-state index is -4.02. The zero-order valence-electron chi connectivity index (χ0n) is 18.8. The molecule has 7 nitrogen and oxygen atoms in total. The molecule has 0 aromatic heterocycles. The van der Waals surface area contributed by atoms with Gasteiger partial charge in [-0.2, -0.15) is 4.31 Å². The largest absolute Gasteiger partial charge is 0.494 e. The fraction of sp³-hybridized carbons (Fsp3) is 0.231. The third-order valence-electron chi connectivity index (χ3n) is 5.69. The van der Waals surface area contributed by atoms with Crippen LogP contribution in [0, 0.1) is 0 Å². The fourth-order valence-corrected chi connectivity index (χ4v) is 5.63. The van der Waals surface area contributed by atoms with Crippen molar-refractivity contribution in [2.45, 2.75) is 30.7 Å². The Balaban J connectivity index is 1.65. The number of benzene rings is 3. The van der Waals surface area contributed by atoms with Gasteiger partial charge in [0, 0.05) is 6.54 Å². The van der Waals surface area contributed by atoms with Gasteiger partial charge in [-0.3, -0.25) is 9.59 Å². The Labute approximate surface area is 199 Å². The lowest BCUT2D eigenvalue weighted by Gasteiger charge is -2.27. The maximum atomic E-state index is 13.6. The highest BCUT2D eigenvalue weighted by Crippen LogP contribution is 2.30. The van der Waals surface area contributed by atoms with Crippen molar-refractivity contribution in [2.75, 3.05) is 18.1 Å². The van der Waals surface area contributed by atoms with Crippen LogP contribution in [0.25, 0.3) is 0 Å². The molecule has 1 heterocycles. The maximum absolute atomic E-state index is 13.6. The van der Waals surface area contributed by atoms with Crippen LogP contribution in [0.15, 0.2) is 89.8 Å². The van der Waals surface area contributed by atoms with Crippen molar-refractivity contribution in [3.05, 3.63) is 90.5 Å². The van der Waals surface area contributed by atoms with Crippen molar-refractivity contribution < 1.29 is 22.7 Å². The molecule has 0 N–H and O–H groups in total. The highest BCUT2D eigenvalue weighted by atomic mass is 32.2. The standard InChI is InChI=1S/C26H26N2O5S/c1-2-33-22-15-13-21(14-16-22)28-25(29)19-24(26(28)30)27(18-17-20-9-5-3-6-10-20)34(31,32)23-11-7-4-8-12-23/h3-16,24H,2,17-19H2,1H3. The average Bonchev–Trinajstić information content (AvgIpc) is 3.14. The van der Waals surface area contributed by atoms with Gasteiger partial charge in [0.25, 0.3) is 5.91 Å². The second-order valence-corrected chi connectivity index (χ2v) is 9.77. The van der Waals surface area contributed by atoms with Crippen molar-refractivity contribution in [3.8, 4) is 5.75 Å². The Morgan fingerprint density at radius 1 is 0.912 bits per heavy atom. The van der Waals surface area contributed by atoms with Gasteiger partial charge in [-0.15, -0.1) is 0 Å². The van der Waals surface area contributed by atoms with Crippen LogP contribution in [-0.4, -0.2) is 43.7 Å². The molecule has 1 atom stereocenters. The first kappa shape index (κ1) is 23.7. The van der Waals surface area contributed by atoms with E-state index in [-0.39, 0.29) is 17.9 Å². The van der Waals surface area contributed by atoms with E-state index in [9.17, 15) is 18.0 Å². The van der Waals surface area contributed by atoms with Gasteiger partial charge in [-0.25, -0.2) is 13.3 Å². The third-order valence-corrected chi connectivity index (χ3v) is 7.61. The number of imide groups is 1. The minimum absolute atomic E-state index is 0.0715. The van der Waals surface area contributed by atoms with Crippen LogP contribution in [0.5, 0.6) is 5.75 Å². The molecule has 1 aliphatic rings. The second-order valence-electron chi connectivity index (χ2n) is 7.88. The Bertz CT molecular complexity index is 1250. The summed E-state index contributed by atoms with van der Waals surface area (Å²) in [5.74, 6) is -0.369. The average molecular weight is 479 g/mol. The predicted molar refractivity (Wildman–Crippen MR) is 129 cm³/mol. The van der Waals surface area contributed by atoms with Crippen molar-refractivity contribution in [3.63, 3.8) is 0 Å². The normalized spacial score (nSPS) is 16.3. The molecule has 2 amide bonds. The minimum Gasteiger partial charge on any atom is -0.494 e. The quantitative estimate of drug-likeness (QED) is 0.439. The van der Waals surface area contributed by atoms with E-state index in [0.29, 0.717) is 24.5 Å². The summed E-state index contributed by atoms with van der Waals surface area (Å²) in [6.45, 7) is 2.43. The zero-order valence-corrected chi connectivity index (χ0v) is 19.6. The molecule has 1 saturated heterocycles. The van der Waals surface area contributed by atoms with Crippen molar-refractivity contribution in [1.29, 1.82) is 0 Å². The summed E-state index contributed by atoms with van der Waals surface area (Å²) in [6.07, 6.45) is 0.195. The van der Waals surface area contributed by atoms with E-state index < -0.39 is 27.9 Å². The molecule has 0 saturated carbocycles. The predicted octanol–water partition coefficient (Wildman–Crippen LogP) is 3.65. The van der Waals surface area contributed by atoms with E-state index >= 15 is 0 Å². The number of amides is 2. The number of sulfonamides is 1. The highest BCUT2D eigenvalue weighted by molar-refractivity contribution is 7.89. The maximum Gasteiger partial charge on any atom is 0.252 e. The van der Waals surface area contributed by atoms with E-state index in [1.54, 1.807) is 42.5 Å². The third kappa shape index (κ3) is 4.88. The molecule has 4 rings (SSSR count). The lowest BCUT2D eigenvalue weighted by atomic mass is 10.1. The molecule has 1 fully saturated rings. The van der Waals surface area contributed by atoms with Crippen LogP contribution in [-0.2, 0) is 26.0 Å². The first-order chi connectivity index (χ1) is 16.4. The SMILES string of the molecule is CCOc1ccc(N2C(=O)CC(N(CCc3ccccc3)S(=O)(=O)c3ccccc3)C2=O)cc1. The van der Waals surface area contributed by atoms with E-state index in [0.717, 1.165) is 10.5 Å². The van der Waals surface area contributed by atoms with Gasteiger partial charge in [0.2, 0.25) is 15.9 Å². The number of ether oxygens (including phenoxy) is 1. The number of rotatable bonds is 9. The lowest BCUT2D eigenvalue weighted by Crippen LogP contribution is -2.46. The van der Waals surface area contributed by atoms with Crippen LogP contribution in [0.3, 0.4) is 0 Å². The number of hydrogen-bond donors (Lipinski definition) is 0. The van der Waals surface area contributed by atoms with Gasteiger partial charge in [-0.1, -0.05) is 48.5 Å². The summed E-state index contributed by atoms with van der Waals surface area (Å²) in [5, 5.41) is 0. The smallest absolute Gasteiger partial charge is 0.252 e. The van der Waals surface area contributed by atoms with Crippen molar-refractivity contribution in [1.82, 2.24) is 4.31 Å². The van der Waals surface area contributed by atoms with Crippen LogP contribution in [0.4, 0.5) is 5.69 Å². The van der Waals surface area contributed by atoms with E-state index in [1.165, 1.54) is 16.4 Å². The molecule has 0 spiro atoms. The summed E-state index contributed by atoms with van der Waals surface area (Å²) in [4.78, 5) is 27.5. The molecule has 3 aromatic rings. The first-order valence-corrected chi connectivity index (χ1v) is 12.6. The van der Waals surface area contributed by atoms with Gasteiger partial charge < -0.3 is 4.74 Å². The van der Waals surface area contributed by atoms with Crippen molar-refractivity contribution >= 4 is 27.5 Å². The molecule has 0 bridgehead atoms. The Hall–Kier alpha value is -3.49. The highest BCUT2D eigenvalue weighted by Gasteiger charge is 2.46. The number of nitrogens with zero attached hydrogens (tertiary/aromatic N) is 2. The number of hydrogen-bond acceptors (Lipinski definition) is 5. The summed E-state index contributed by atoms with van der Waals surface area (Å²) >= 11 is 0. The van der Waals surface area contributed by atoms with Crippen LogP contribution in [0.2, 0.25) is 0 Å². The molecule has 8 heteroatoms. The fourth-order valence-electron chi connectivity index (χ4n) is 4.03. The number of carbonyl (C=O) groups is 2. The molecule has 34 heavy (non-hydrogen) atoms. The Morgan fingerprint density at radius 3 is 2.15 bits per heavy atom. The number of carbonyl (C=O) groups excluding carboxylic acids is 2. The molecule has 3 aromatic carbocycles. The first-order valence-electron chi connectivity index (χ1n) is 11.1. The van der Waals surface area contributed by atoms with E-state index in [2.05, 4.69) is 0 Å². The molecule has 0 aliphatic carbocycles. The van der Waals surface area contributed by atoms with Crippen molar-refractivity contribution in [2.24, 2.45) is 0 Å². The second kappa shape index (κ2) is 10.2. The topological polar surface area (TPSA) is 84.0 Å². The van der Waals surface area contributed by atoms with Crippen LogP contribution in [0.1, 0.15) is 18.9 Å². The van der Waals surface area contributed by atoms with Gasteiger partial charge in [0.15, 0.2) is 0 Å². The molecular weight excluding hydrogens is 452 g/mol. The lowest BCUT2D eigenvalue weighted by molar-refractivity contribution is -0.122. The summed E-state index contributed by atoms with van der Waals surface area (Å²) < 4.78 is 33.8. The monoisotopic (exact) mass is 478 g/mol. The molecule has 1 unspecified atom stereocenters. The van der Waals surface area contributed by atoms with Gasteiger partial charge >= 0.3 is 0 Å². The summed E-state index contributed by atoms with van der Waals surface area (Å²) in [6, 6.07) is 22.9. The Morgan fingerprint density at radius 2 is 1.53 bits per heavy atom. The van der Waals surface area contributed by atoms with E-state index in [1.807, 2.05) is 37.3 Å². The van der Waals surface area contributed by atoms with Gasteiger partial charge in [0.05, 0.1) is 23.6 Å². The van der Waals surface area contributed by atoms with Crippen LogP contribution >= 0.6 is 0 Å². The molecule has 1 aliphatic heterocycles. The number of anilines is 1. The van der Waals surface area contributed by atoms with Crippen LogP contribution < -0.4 is 9.64 Å². The summed E-state index contributed by atoms with van der Waals surface area (Å²) in [5.41, 5.74) is 1.33. The molecule has 176 valence electrons. The summed E-state index contributed by atoms with van der Waals surface area (Å²) in [7, 11) is -4.02. The Kier molecular flexibility index (Phi) is 7.09.